The number of hydrogen-bond donors (Lipinski definition) is 0. The van der Waals surface area contributed by atoms with Crippen molar-refractivity contribution in [3.8, 4) is 6.07 Å². The van der Waals surface area contributed by atoms with Crippen LogP contribution in [-0.2, 0) is 14.3 Å². The summed E-state index contributed by atoms with van der Waals surface area (Å²) in [7, 11) is 0. The van der Waals surface area contributed by atoms with Crippen molar-refractivity contribution in [3.05, 3.63) is 65.5 Å². The molecule has 2 saturated heterocycles. The molecule has 1 unspecified atom stereocenters. The molecule has 2 aliphatic heterocycles. The fourth-order valence-electron chi connectivity index (χ4n) is 4.08. The maximum absolute atomic E-state index is 14.4. The SMILES string of the molecule is N#Cc1ccc(N2C(=O)CC(N(CCN3CCOCC3)C(=O)c3ccccc3F)C2=O)cc1. The summed E-state index contributed by atoms with van der Waals surface area (Å²) in [6, 6.07) is 12.6. The van der Waals surface area contributed by atoms with E-state index in [0.717, 1.165) is 4.90 Å². The van der Waals surface area contributed by atoms with Crippen molar-refractivity contribution in [3.63, 3.8) is 0 Å². The zero-order chi connectivity index (χ0) is 23.4. The Morgan fingerprint density at radius 1 is 1.12 bits per heavy atom. The molecule has 8 nitrogen and oxygen atoms in total. The summed E-state index contributed by atoms with van der Waals surface area (Å²) in [5.41, 5.74) is 0.589. The van der Waals surface area contributed by atoms with Gasteiger partial charge < -0.3 is 9.64 Å². The van der Waals surface area contributed by atoms with E-state index in [1.165, 1.54) is 47.4 Å². The summed E-state index contributed by atoms with van der Waals surface area (Å²) in [6.45, 7) is 3.17. The third-order valence-corrected chi connectivity index (χ3v) is 5.88. The summed E-state index contributed by atoms with van der Waals surface area (Å²) in [6.07, 6.45) is -0.192. The Morgan fingerprint density at radius 2 is 1.82 bits per heavy atom. The van der Waals surface area contributed by atoms with E-state index in [4.69, 9.17) is 10.00 Å². The van der Waals surface area contributed by atoms with E-state index in [9.17, 15) is 18.8 Å². The van der Waals surface area contributed by atoms with Crippen molar-refractivity contribution in [2.75, 3.05) is 44.3 Å². The number of carbonyl (C=O) groups excluding carboxylic acids is 3. The molecular weight excluding hydrogens is 427 g/mol. The quantitative estimate of drug-likeness (QED) is 0.623. The molecule has 2 aliphatic rings. The summed E-state index contributed by atoms with van der Waals surface area (Å²) in [5.74, 6) is -2.31. The molecule has 4 rings (SSSR count). The van der Waals surface area contributed by atoms with Crippen LogP contribution in [0.3, 0.4) is 0 Å². The van der Waals surface area contributed by atoms with Crippen LogP contribution < -0.4 is 4.90 Å². The molecule has 0 N–H and O–H groups in total. The van der Waals surface area contributed by atoms with Crippen LogP contribution in [-0.4, -0.2) is 73.0 Å². The zero-order valence-electron chi connectivity index (χ0n) is 17.9. The van der Waals surface area contributed by atoms with Crippen LogP contribution in [0.4, 0.5) is 10.1 Å². The smallest absolute Gasteiger partial charge is 0.257 e. The number of nitrogens with zero attached hydrogens (tertiary/aromatic N) is 4. The van der Waals surface area contributed by atoms with E-state index >= 15 is 0 Å². The van der Waals surface area contributed by atoms with Gasteiger partial charge in [-0.05, 0) is 36.4 Å². The third-order valence-electron chi connectivity index (χ3n) is 5.88. The van der Waals surface area contributed by atoms with Gasteiger partial charge in [0.05, 0.1) is 42.5 Å². The second-order valence-electron chi connectivity index (χ2n) is 7.88. The van der Waals surface area contributed by atoms with E-state index in [2.05, 4.69) is 4.90 Å². The van der Waals surface area contributed by atoms with Gasteiger partial charge in [-0.2, -0.15) is 5.26 Å². The minimum Gasteiger partial charge on any atom is -0.379 e. The lowest BCUT2D eigenvalue weighted by molar-refractivity contribution is -0.122. The molecular formula is C24H23FN4O4. The summed E-state index contributed by atoms with van der Waals surface area (Å²) in [4.78, 5) is 43.9. The largest absolute Gasteiger partial charge is 0.379 e. The Balaban J connectivity index is 1.60. The van der Waals surface area contributed by atoms with Crippen molar-refractivity contribution in [1.82, 2.24) is 9.80 Å². The molecule has 9 heteroatoms. The highest BCUT2D eigenvalue weighted by atomic mass is 19.1. The monoisotopic (exact) mass is 450 g/mol. The first-order chi connectivity index (χ1) is 16.0. The molecule has 170 valence electrons. The Labute approximate surface area is 190 Å². The Morgan fingerprint density at radius 3 is 2.48 bits per heavy atom. The molecule has 0 radical (unpaired) electrons. The van der Waals surface area contributed by atoms with E-state index < -0.39 is 29.6 Å². The lowest BCUT2D eigenvalue weighted by atomic mass is 10.1. The third kappa shape index (κ3) is 4.77. The minimum absolute atomic E-state index is 0.142. The topological polar surface area (TPSA) is 93.9 Å². The number of rotatable bonds is 6. The molecule has 2 aromatic rings. The van der Waals surface area contributed by atoms with Crippen LogP contribution in [0, 0.1) is 17.1 Å². The molecule has 0 saturated carbocycles. The van der Waals surface area contributed by atoms with Crippen molar-refractivity contribution in [2.24, 2.45) is 0 Å². The van der Waals surface area contributed by atoms with Crippen molar-refractivity contribution >= 4 is 23.4 Å². The highest BCUT2D eigenvalue weighted by Crippen LogP contribution is 2.27. The number of carbonyl (C=O) groups is 3. The maximum Gasteiger partial charge on any atom is 0.257 e. The number of amides is 3. The van der Waals surface area contributed by atoms with Crippen molar-refractivity contribution in [2.45, 2.75) is 12.5 Å². The van der Waals surface area contributed by atoms with Crippen LogP contribution in [0.1, 0.15) is 22.3 Å². The number of morpholine rings is 1. The van der Waals surface area contributed by atoms with Gasteiger partial charge in [0.25, 0.3) is 11.8 Å². The molecule has 0 aromatic heterocycles. The predicted molar refractivity (Wildman–Crippen MR) is 117 cm³/mol. The standard InChI is InChI=1S/C24H23FN4O4/c25-20-4-2-1-3-19(20)23(31)28(10-9-27-11-13-33-14-12-27)21-15-22(30)29(24(21)32)18-7-5-17(16-26)6-8-18/h1-8,21H,9-15H2. The molecule has 2 fully saturated rings. The number of anilines is 1. The summed E-state index contributed by atoms with van der Waals surface area (Å²) >= 11 is 0. The summed E-state index contributed by atoms with van der Waals surface area (Å²) < 4.78 is 19.8. The average molecular weight is 450 g/mol. The Bertz CT molecular complexity index is 1090. The first-order valence-electron chi connectivity index (χ1n) is 10.7. The van der Waals surface area contributed by atoms with Crippen LogP contribution in [0.2, 0.25) is 0 Å². The number of ether oxygens (including phenoxy) is 1. The fourth-order valence-corrected chi connectivity index (χ4v) is 4.08. The number of hydrogen-bond acceptors (Lipinski definition) is 6. The van der Waals surface area contributed by atoms with E-state index in [1.54, 1.807) is 6.07 Å². The molecule has 3 amide bonds. The Hall–Kier alpha value is -3.61. The van der Waals surface area contributed by atoms with Crippen molar-refractivity contribution in [1.29, 1.82) is 5.26 Å². The molecule has 33 heavy (non-hydrogen) atoms. The molecule has 0 bridgehead atoms. The van der Waals surface area contributed by atoms with Gasteiger partial charge in [0.1, 0.15) is 11.9 Å². The van der Waals surface area contributed by atoms with Gasteiger partial charge in [-0.1, -0.05) is 12.1 Å². The number of nitriles is 1. The Kier molecular flexibility index (Phi) is 6.77. The van der Waals surface area contributed by atoms with Gasteiger partial charge in [-0.3, -0.25) is 19.3 Å². The molecule has 2 heterocycles. The molecule has 2 aromatic carbocycles. The van der Waals surface area contributed by atoms with Crippen LogP contribution >= 0.6 is 0 Å². The van der Waals surface area contributed by atoms with E-state index in [0.29, 0.717) is 44.1 Å². The average Bonchev–Trinajstić information content (AvgIpc) is 3.13. The normalized spacial score (nSPS) is 18.9. The maximum atomic E-state index is 14.4. The molecule has 1 atom stereocenters. The van der Waals surface area contributed by atoms with Crippen LogP contribution in [0.5, 0.6) is 0 Å². The van der Waals surface area contributed by atoms with E-state index in [-0.39, 0.29) is 18.5 Å². The van der Waals surface area contributed by atoms with Gasteiger partial charge in [-0.15, -0.1) is 0 Å². The van der Waals surface area contributed by atoms with E-state index in [1.807, 2.05) is 6.07 Å². The van der Waals surface area contributed by atoms with Gasteiger partial charge in [0.2, 0.25) is 5.91 Å². The fraction of sp³-hybridized carbons (Fsp3) is 0.333. The zero-order valence-corrected chi connectivity index (χ0v) is 17.9. The van der Waals surface area contributed by atoms with Gasteiger partial charge >= 0.3 is 0 Å². The van der Waals surface area contributed by atoms with Gasteiger partial charge in [0, 0.05) is 26.2 Å². The summed E-state index contributed by atoms with van der Waals surface area (Å²) in [5, 5.41) is 8.99. The highest BCUT2D eigenvalue weighted by Gasteiger charge is 2.44. The number of imide groups is 1. The first-order valence-corrected chi connectivity index (χ1v) is 10.7. The molecule has 0 spiro atoms. The second kappa shape index (κ2) is 9.90. The van der Waals surface area contributed by atoms with Crippen molar-refractivity contribution < 1.29 is 23.5 Å². The second-order valence-corrected chi connectivity index (χ2v) is 7.88. The minimum atomic E-state index is -1.04. The molecule has 0 aliphatic carbocycles. The number of halogens is 1. The predicted octanol–water partition coefficient (Wildman–Crippen LogP) is 1.80. The lowest BCUT2D eigenvalue weighted by Gasteiger charge is -2.32. The highest BCUT2D eigenvalue weighted by molar-refractivity contribution is 6.23. The first kappa shape index (κ1) is 22.6. The van der Waals surface area contributed by atoms with Crippen LogP contribution in [0.15, 0.2) is 48.5 Å². The van der Waals surface area contributed by atoms with Gasteiger partial charge in [0.15, 0.2) is 0 Å². The number of benzene rings is 2. The lowest BCUT2D eigenvalue weighted by Crippen LogP contribution is -2.49. The van der Waals surface area contributed by atoms with Crippen LogP contribution in [0.25, 0.3) is 0 Å². The van der Waals surface area contributed by atoms with Gasteiger partial charge in [-0.25, -0.2) is 9.29 Å².